The Bertz CT molecular complexity index is 1230. The lowest BCUT2D eigenvalue weighted by Gasteiger charge is -2.26. The largest absolute Gasteiger partial charge is 0.544 e. The highest BCUT2D eigenvalue weighted by atomic mass is 35.5. The number of carbonyl (C=O) groups excluding carboxylic acids is 5. The first-order valence-electron chi connectivity index (χ1n) is 14.7. The number of thioether (sulfide) groups is 1. The summed E-state index contributed by atoms with van der Waals surface area (Å²) in [6, 6.07) is 0.835. The molecule has 250 valence electrons. The van der Waals surface area contributed by atoms with Crippen molar-refractivity contribution in [3.05, 3.63) is 27.7 Å². The van der Waals surface area contributed by atoms with Crippen LogP contribution in [0.25, 0.3) is 0 Å². The van der Waals surface area contributed by atoms with Gasteiger partial charge in [0.2, 0.25) is 11.8 Å². The molecule has 16 heteroatoms. The van der Waals surface area contributed by atoms with Gasteiger partial charge in [-0.3, -0.25) is 24.0 Å². The van der Waals surface area contributed by atoms with Crippen LogP contribution in [-0.2, 0) is 24.0 Å². The maximum Gasteiger partial charge on any atom is 0.322 e. The molecular formula is C29H40Cl2N4O9S. The fourth-order valence-corrected chi connectivity index (χ4v) is 6.09. The van der Waals surface area contributed by atoms with Gasteiger partial charge < -0.3 is 41.0 Å². The molecule has 0 aliphatic carbocycles. The second-order valence-electron chi connectivity index (χ2n) is 10.6. The van der Waals surface area contributed by atoms with Gasteiger partial charge in [-0.05, 0) is 50.0 Å². The fourth-order valence-electron chi connectivity index (χ4n) is 4.53. The lowest BCUT2D eigenvalue weighted by molar-refractivity contribution is -0.438. The summed E-state index contributed by atoms with van der Waals surface area (Å²) in [5, 5.41) is 24.5. The summed E-state index contributed by atoms with van der Waals surface area (Å²) in [5.74, 6) is -4.10. The Labute approximate surface area is 275 Å². The van der Waals surface area contributed by atoms with Gasteiger partial charge >= 0.3 is 5.97 Å². The van der Waals surface area contributed by atoms with E-state index in [9.17, 15) is 33.9 Å². The molecule has 6 N–H and O–H groups in total. The summed E-state index contributed by atoms with van der Waals surface area (Å²) >= 11 is 14.1. The zero-order chi connectivity index (χ0) is 33.5. The first kappa shape index (κ1) is 38.1. The fraction of sp³-hybridized carbons (Fsp3) is 0.586. The molecule has 1 aliphatic heterocycles. The third-order valence-electron chi connectivity index (χ3n) is 7.25. The molecule has 2 rings (SSSR count). The van der Waals surface area contributed by atoms with Crippen LogP contribution in [0.2, 0.25) is 10.0 Å². The molecule has 0 bridgehead atoms. The van der Waals surface area contributed by atoms with Gasteiger partial charge in [0.15, 0.2) is 12.4 Å². The lowest BCUT2D eigenvalue weighted by Crippen LogP contribution is -2.68. The summed E-state index contributed by atoms with van der Waals surface area (Å²) in [5.41, 5.74) is 3.60. The number of Topliss-reactive ketones (excluding diaryl/α,β-unsaturated/α-hetero) is 1. The van der Waals surface area contributed by atoms with E-state index in [4.69, 9.17) is 33.0 Å². The smallest absolute Gasteiger partial charge is 0.322 e. The Morgan fingerprint density at radius 3 is 2.40 bits per heavy atom. The number of rotatable bonds is 19. The second-order valence-corrected chi connectivity index (χ2v) is 12.5. The molecule has 1 aromatic carbocycles. The Hall–Kier alpha value is -3.07. The van der Waals surface area contributed by atoms with Crippen LogP contribution >= 0.6 is 35.0 Å². The number of carbonyl (C=O) groups is 6. The number of nitrogens with one attached hydrogen (secondary N) is 2. The average molecular weight is 692 g/mol. The normalized spacial score (nSPS) is 15.0. The molecule has 1 heterocycles. The minimum atomic E-state index is -1.40. The van der Waals surface area contributed by atoms with Gasteiger partial charge in [-0.2, -0.15) is 11.8 Å². The number of ketones is 1. The molecule has 0 spiro atoms. The molecule has 3 atom stereocenters. The van der Waals surface area contributed by atoms with E-state index in [0.29, 0.717) is 31.7 Å². The zero-order valence-electron chi connectivity index (χ0n) is 25.1. The van der Waals surface area contributed by atoms with Crippen molar-refractivity contribution in [3.8, 4) is 5.75 Å². The SMILES string of the molecule is CCC(CCSC[C@H](NC(=O)CC[C@H]([NH3+])C(=O)[O-])C(=O)NCC(=O)O)C(=O)c1ccc(OCC(=O)N2CCCCC2)c(Cl)c1Cl. The number of amides is 3. The van der Waals surface area contributed by atoms with E-state index >= 15 is 0 Å². The standard InChI is InChI=1S/C29H40Cl2N4O9S/c1-2-17(10-13-45-16-20(28(41)33-14-24(38)39)34-22(36)9-7-19(32)29(42)43)27(40)18-6-8-21(26(31)25(18)30)44-15-23(37)35-11-4-3-5-12-35/h6,8,17,19-20H,2-5,7,9-16,32H2,1H3,(H,33,41)(H,34,36)(H,38,39)(H,42,43)/t17?,19-,20-/m0/s1. The van der Waals surface area contributed by atoms with Crippen LogP contribution in [0.4, 0.5) is 0 Å². The number of quaternary nitrogens is 1. The van der Waals surface area contributed by atoms with E-state index in [1.165, 1.54) is 23.9 Å². The molecule has 0 saturated carbocycles. The number of carboxylic acids is 2. The van der Waals surface area contributed by atoms with Crippen LogP contribution < -0.4 is 26.2 Å². The van der Waals surface area contributed by atoms with E-state index in [2.05, 4.69) is 16.4 Å². The molecule has 1 fully saturated rings. The predicted molar refractivity (Wildman–Crippen MR) is 166 cm³/mol. The van der Waals surface area contributed by atoms with E-state index in [0.717, 1.165) is 19.3 Å². The Morgan fingerprint density at radius 2 is 1.78 bits per heavy atom. The number of halogens is 2. The maximum atomic E-state index is 13.4. The van der Waals surface area contributed by atoms with Crippen LogP contribution in [0.3, 0.4) is 0 Å². The van der Waals surface area contributed by atoms with Gasteiger partial charge in [-0.15, -0.1) is 0 Å². The summed E-state index contributed by atoms with van der Waals surface area (Å²) in [6.45, 7) is 2.40. The number of likely N-dealkylation sites (tertiary alicyclic amines) is 1. The summed E-state index contributed by atoms with van der Waals surface area (Å²) in [4.78, 5) is 74.1. The molecule has 1 aliphatic rings. The van der Waals surface area contributed by atoms with Gasteiger partial charge in [0.05, 0.1) is 11.0 Å². The zero-order valence-corrected chi connectivity index (χ0v) is 27.4. The van der Waals surface area contributed by atoms with E-state index in [1.54, 1.807) is 4.90 Å². The molecule has 3 amide bonds. The summed E-state index contributed by atoms with van der Waals surface area (Å²) < 4.78 is 5.62. The number of benzene rings is 1. The maximum absolute atomic E-state index is 13.4. The van der Waals surface area contributed by atoms with Crippen LogP contribution in [-0.4, -0.2) is 95.3 Å². The summed E-state index contributed by atoms with van der Waals surface area (Å²) in [7, 11) is 0. The second kappa shape index (κ2) is 19.4. The highest BCUT2D eigenvalue weighted by Gasteiger charge is 2.26. The monoisotopic (exact) mass is 690 g/mol. The Morgan fingerprint density at radius 1 is 1.09 bits per heavy atom. The number of carboxylic acid groups (broad SMARTS) is 2. The lowest BCUT2D eigenvalue weighted by atomic mass is 9.93. The van der Waals surface area contributed by atoms with Crippen LogP contribution in [0.1, 0.15) is 62.2 Å². The third kappa shape index (κ3) is 12.7. The van der Waals surface area contributed by atoms with Gasteiger partial charge in [0.1, 0.15) is 29.4 Å². The molecule has 1 aromatic rings. The first-order chi connectivity index (χ1) is 21.3. The van der Waals surface area contributed by atoms with Gasteiger partial charge in [-0.1, -0.05) is 30.1 Å². The van der Waals surface area contributed by atoms with Gasteiger partial charge in [0, 0.05) is 43.2 Å². The molecule has 45 heavy (non-hydrogen) atoms. The molecule has 1 saturated heterocycles. The van der Waals surface area contributed by atoms with Crippen molar-refractivity contribution in [3.63, 3.8) is 0 Å². The number of ether oxygens (including phenoxy) is 1. The van der Waals surface area contributed by atoms with E-state index in [1.807, 2.05) is 6.92 Å². The molecule has 0 aromatic heterocycles. The molecule has 0 radical (unpaired) electrons. The number of hydrogen-bond acceptors (Lipinski definition) is 9. The predicted octanol–water partition coefficient (Wildman–Crippen LogP) is 0.543. The number of hydrogen-bond donors (Lipinski definition) is 4. The van der Waals surface area contributed by atoms with Crippen molar-refractivity contribution >= 4 is 70.4 Å². The Balaban J connectivity index is 1.95. The van der Waals surface area contributed by atoms with E-state index < -0.39 is 48.3 Å². The van der Waals surface area contributed by atoms with E-state index in [-0.39, 0.29) is 58.3 Å². The quantitative estimate of drug-likeness (QED) is 0.117. The Kier molecular flexibility index (Phi) is 16.5. The third-order valence-corrected chi connectivity index (χ3v) is 9.21. The van der Waals surface area contributed by atoms with Gasteiger partial charge in [-0.25, -0.2) is 0 Å². The summed E-state index contributed by atoms with van der Waals surface area (Å²) in [6.07, 6.45) is 3.58. The van der Waals surface area contributed by atoms with Crippen LogP contribution in [0.15, 0.2) is 12.1 Å². The number of aliphatic carboxylic acids is 2. The molecular weight excluding hydrogens is 651 g/mol. The number of nitrogens with zero attached hydrogens (tertiary/aromatic N) is 1. The van der Waals surface area contributed by atoms with Gasteiger partial charge in [0.25, 0.3) is 5.91 Å². The minimum Gasteiger partial charge on any atom is -0.544 e. The van der Waals surface area contributed by atoms with Crippen molar-refractivity contribution < 1.29 is 49.5 Å². The number of piperidine rings is 1. The minimum absolute atomic E-state index is 0.0248. The van der Waals surface area contributed by atoms with Crippen molar-refractivity contribution in [1.82, 2.24) is 15.5 Å². The first-order valence-corrected chi connectivity index (χ1v) is 16.6. The topological polar surface area (TPSA) is 210 Å². The van der Waals surface area contributed by atoms with Crippen molar-refractivity contribution in [2.45, 2.75) is 64.0 Å². The molecule has 13 nitrogen and oxygen atoms in total. The highest BCUT2D eigenvalue weighted by molar-refractivity contribution is 7.99. The van der Waals surface area contributed by atoms with Crippen molar-refractivity contribution in [2.75, 3.05) is 37.7 Å². The highest BCUT2D eigenvalue weighted by Crippen LogP contribution is 2.36. The average Bonchev–Trinajstić information content (AvgIpc) is 3.02. The van der Waals surface area contributed by atoms with Crippen LogP contribution in [0.5, 0.6) is 5.75 Å². The van der Waals surface area contributed by atoms with Crippen molar-refractivity contribution in [2.24, 2.45) is 5.92 Å². The molecule has 1 unspecified atom stereocenters. The van der Waals surface area contributed by atoms with Crippen molar-refractivity contribution in [1.29, 1.82) is 0 Å². The van der Waals surface area contributed by atoms with Crippen LogP contribution in [0, 0.1) is 5.92 Å².